The van der Waals surface area contributed by atoms with Gasteiger partial charge in [-0.05, 0) is 61.0 Å². The normalized spacial score (nSPS) is 18.6. The number of pyridine rings is 1. The van der Waals surface area contributed by atoms with Gasteiger partial charge in [-0.25, -0.2) is 4.98 Å². The van der Waals surface area contributed by atoms with Crippen LogP contribution >= 0.6 is 15.9 Å². The van der Waals surface area contributed by atoms with E-state index in [9.17, 15) is 5.11 Å². The Bertz CT molecular complexity index is 573. The van der Waals surface area contributed by atoms with E-state index in [1.807, 2.05) is 16.5 Å². The van der Waals surface area contributed by atoms with Crippen LogP contribution in [-0.4, -0.2) is 39.5 Å². The van der Waals surface area contributed by atoms with Gasteiger partial charge in [-0.3, -0.25) is 4.40 Å². The maximum atomic E-state index is 10.0. The van der Waals surface area contributed by atoms with Gasteiger partial charge >= 0.3 is 0 Å². The highest BCUT2D eigenvalue weighted by Crippen LogP contribution is 2.32. The van der Waals surface area contributed by atoms with Crippen LogP contribution in [0, 0.1) is 0 Å². The second-order valence-electron chi connectivity index (χ2n) is 4.94. The third-order valence-electron chi connectivity index (χ3n) is 3.71. The second-order valence-corrected chi connectivity index (χ2v) is 5.69. The molecule has 1 saturated heterocycles. The lowest BCUT2D eigenvalue weighted by atomic mass is 9.96. The average molecular weight is 310 g/mol. The molecule has 1 fully saturated rings. The summed E-state index contributed by atoms with van der Waals surface area (Å²) in [5.41, 5.74) is 0.934. The van der Waals surface area contributed by atoms with Crippen LogP contribution in [0.1, 0.15) is 24.6 Å². The molecule has 1 aliphatic heterocycles. The van der Waals surface area contributed by atoms with Crippen LogP contribution in [-0.2, 0) is 0 Å². The molecule has 0 aliphatic carbocycles. The van der Waals surface area contributed by atoms with Crippen molar-refractivity contribution in [2.45, 2.75) is 18.8 Å². The van der Waals surface area contributed by atoms with Crippen molar-refractivity contribution in [1.29, 1.82) is 0 Å². The van der Waals surface area contributed by atoms with E-state index in [2.05, 4.69) is 32.9 Å². The summed E-state index contributed by atoms with van der Waals surface area (Å²) in [5, 5.41) is 10.0. The largest absolute Gasteiger partial charge is 0.494 e. The maximum absolute atomic E-state index is 10.0. The van der Waals surface area contributed by atoms with Crippen LogP contribution in [0.5, 0.6) is 5.88 Å². The highest BCUT2D eigenvalue weighted by Gasteiger charge is 2.24. The van der Waals surface area contributed by atoms with Crippen molar-refractivity contribution >= 4 is 21.4 Å². The Kier molecular flexibility index (Phi) is 3.03. The molecule has 0 bridgehead atoms. The molecular formula is C13H16BrN3O. The van der Waals surface area contributed by atoms with E-state index in [0.717, 1.165) is 41.9 Å². The highest BCUT2D eigenvalue weighted by molar-refractivity contribution is 9.10. The van der Waals surface area contributed by atoms with Crippen molar-refractivity contribution < 1.29 is 5.11 Å². The third-order valence-corrected chi connectivity index (χ3v) is 4.29. The number of aromatic hydroxyl groups is 1. The van der Waals surface area contributed by atoms with Crippen LogP contribution in [0.3, 0.4) is 0 Å². The zero-order chi connectivity index (χ0) is 12.7. The molecule has 0 amide bonds. The molecule has 1 aliphatic rings. The highest BCUT2D eigenvalue weighted by atomic mass is 79.9. The summed E-state index contributed by atoms with van der Waals surface area (Å²) in [4.78, 5) is 6.93. The van der Waals surface area contributed by atoms with Crippen LogP contribution in [0.2, 0.25) is 0 Å². The summed E-state index contributed by atoms with van der Waals surface area (Å²) >= 11 is 3.48. The lowest BCUT2D eigenvalue weighted by Gasteiger charge is -2.28. The number of hydrogen-bond acceptors (Lipinski definition) is 3. The molecule has 0 radical (unpaired) electrons. The minimum absolute atomic E-state index is 0.264. The van der Waals surface area contributed by atoms with Crippen LogP contribution < -0.4 is 0 Å². The van der Waals surface area contributed by atoms with Crippen molar-refractivity contribution in [3.05, 3.63) is 28.6 Å². The minimum atomic E-state index is 0.264. The number of likely N-dealkylation sites (tertiary alicyclic amines) is 1. The Balaban J connectivity index is 2.07. The number of aromatic nitrogens is 2. The van der Waals surface area contributed by atoms with Crippen molar-refractivity contribution in [2.75, 3.05) is 20.1 Å². The fourth-order valence-corrected chi connectivity index (χ4v) is 3.14. The first-order valence-corrected chi connectivity index (χ1v) is 7.00. The Hall–Kier alpha value is -1.07. The summed E-state index contributed by atoms with van der Waals surface area (Å²) < 4.78 is 2.67. The van der Waals surface area contributed by atoms with E-state index >= 15 is 0 Å². The fourth-order valence-electron chi connectivity index (χ4n) is 2.65. The number of nitrogens with zero attached hydrogens (tertiary/aromatic N) is 3. The Labute approximate surface area is 114 Å². The maximum Gasteiger partial charge on any atom is 0.197 e. The minimum Gasteiger partial charge on any atom is -0.494 e. The molecule has 0 saturated carbocycles. The Morgan fingerprint density at radius 3 is 2.78 bits per heavy atom. The van der Waals surface area contributed by atoms with Crippen molar-refractivity contribution in [3.63, 3.8) is 0 Å². The van der Waals surface area contributed by atoms with Crippen LogP contribution in [0.15, 0.2) is 22.8 Å². The average Bonchev–Trinajstić information content (AvgIpc) is 2.70. The molecule has 1 N–H and O–H groups in total. The number of rotatable bonds is 1. The molecule has 5 heteroatoms. The molecule has 3 rings (SSSR count). The van der Waals surface area contributed by atoms with Gasteiger partial charge in [0.05, 0.1) is 5.52 Å². The van der Waals surface area contributed by atoms with E-state index in [1.54, 1.807) is 6.07 Å². The number of hydrogen-bond donors (Lipinski definition) is 1. The van der Waals surface area contributed by atoms with Crippen LogP contribution in [0.25, 0.3) is 5.52 Å². The molecule has 0 spiro atoms. The van der Waals surface area contributed by atoms with Gasteiger partial charge in [-0.1, -0.05) is 6.07 Å². The standard InChI is InChI=1S/C13H16BrN3O/c1-16-7-5-9(6-8-16)13-15-12(14)10-3-2-4-11(18)17(10)13/h2-4,9,18H,5-8H2,1H3. The van der Waals surface area contributed by atoms with Gasteiger partial charge in [0.15, 0.2) is 5.88 Å². The first-order valence-electron chi connectivity index (χ1n) is 6.21. The lowest BCUT2D eigenvalue weighted by Crippen LogP contribution is -2.29. The summed E-state index contributed by atoms with van der Waals surface area (Å²) in [7, 11) is 2.15. The molecule has 18 heavy (non-hydrogen) atoms. The summed E-state index contributed by atoms with van der Waals surface area (Å²) in [6, 6.07) is 5.52. The van der Waals surface area contributed by atoms with Gasteiger partial charge in [0.1, 0.15) is 10.4 Å². The van der Waals surface area contributed by atoms with Gasteiger partial charge in [-0.15, -0.1) is 0 Å². The Morgan fingerprint density at radius 1 is 1.33 bits per heavy atom. The van der Waals surface area contributed by atoms with Gasteiger partial charge < -0.3 is 10.0 Å². The molecule has 0 atom stereocenters. The topological polar surface area (TPSA) is 40.8 Å². The summed E-state index contributed by atoms with van der Waals surface area (Å²) in [6.07, 6.45) is 2.19. The molecule has 4 nitrogen and oxygen atoms in total. The van der Waals surface area contributed by atoms with E-state index in [-0.39, 0.29) is 5.88 Å². The lowest BCUT2D eigenvalue weighted by molar-refractivity contribution is 0.250. The molecule has 2 aromatic heterocycles. The van der Waals surface area contributed by atoms with E-state index in [1.165, 1.54) is 0 Å². The zero-order valence-electron chi connectivity index (χ0n) is 10.3. The monoisotopic (exact) mass is 309 g/mol. The second kappa shape index (κ2) is 4.55. The quantitative estimate of drug-likeness (QED) is 0.880. The molecule has 96 valence electrons. The van der Waals surface area contributed by atoms with E-state index < -0.39 is 0 Å². The first-order chi connectivity index (χ1) is 8.66. The molecule has 2 aromatic rings. The Morgan fingerprint density at radius 2 is 2.06 bits per heavy atom. The summed E-state index contributed by atoms with van der Waals surface area (Å²) in [6.45, 7) is 2.18. The zero-order valence-corrected chi connectivity index (χ0v) is 11.9. The number of imidazole rings is 1. The van der Waals surface area contributed by atoms with Gasteiger partial charge in [0.2, 0.25) is 0 Å². The summed E-state index contributed by atoms with van der Waals surface area (Å²) in [5.74, 6) is 1.66. The van der Waals surface area contributed by atoms with Crippen molar-refractivity contribution in [1.82, 2.24) is 14.3 Å². The van der Waals surface area contributed by atoms with Crippen molar-refractivity contribution in [3.8, 4) is 5.88 Å². The molecular weight excluding hydrogens is 294 g/mol. The smallest absolute Gasteiger partial charge is 0.197 e. The van der Waals surface area contributed by atoms with Gasteiger partial charge in [-0.2, -0.15) is 0 Å². The predicted octanol–water partition coefficient (Wildman–Crippen LogP) is 2.61. The fraction of sp³-hybridized carbons (Fsp3) is 0.462. The number of fused-ring (bicyclic) bond motifs is 1. The van der Waals surface area contributed by atoms with Gasteiger partial charge in [0.25, 0.3) is 0 Å². The number of halogens is 1. The van der Waals surface area contributed by atoms with Crippen LogP contribution in [0.4, 0.5) is 0 Å². The molecule has 3 heterocycles. The third kappa shape index (κ3) is 1.91. The molecule has 0 aromatic carbocycles. The van der Waals surface area contributed by atoms with Gasteiger partial charge in [0, 0.05) is 5.92 Å². The molecule has 0 unspecified atom stereocenters. The van der Waals surface area contributed by atoms with E-state index in [0.29, 0.717) is 5.92 Å². The first kappa shape index (κ1) is 12.0. The predicted molar refractivity (Wildman–Crippen MR) is 74.0 cm³/mol. The SMILES string of the molecule is CN1CCC(c2nc(Br)c3cccc(O)n23)CC1. The van der Waals surface area contributed by atoms with Crippen molar-refractivity contribution in [2.24, 2.45) is 0 Å². The van der Waals surface area contributed by atoms with E-state index in [4.69, 9.17) is 0 Å². The number of piperidine rings is 1.